The van der Waals surface area contributed by atoms with Crippen LogP contribution in [0.1, 0.15) is 165 Å². The van der Waals surface area contributed by atoms with Crippen LogP contribution >= 0.6 is 0 Å². The van der Waals surface area contributed by atoms with Gasteiger partial charge in [0.15, 0.2) is 34.1 Å². The van der Waals surface area contributed by atoms with E-state index in [0.717, 1.165) is 49.3 Å². The second-order valence-corrected chi connectivity index (χ2v) is 27.3. The van der Waals surface area contributed by atoms with Gasteiger partial charge in [0.1, 0.15) is 0 Å². The average molecular weight is 1320 g/mol. The molecule has 3 aliphatic heterocycles. The molecule has 2 bridgehead atoms. The molecule has 7 aromatic carbocycles. The summed E-state index contributed by atoms with van der Waals surface area (Å²) in [5, 5.41) is 3.61. The largest absolute Gasteiger partial charge is 0.363 e. The fraction of sp³-hybridized carbons (Fsp3) is 0.344. The molecule has 480 valence electrons. The molecule has 0 radical (unpaired) electrons. The predicted octanol–water partition coefficient (Wildman–Crippen LogP) is 12.6. The van der Waals surface area contributed by atoms with E-state index in [-0.39, 0.29) is 62.1 Å². The van der Waals surface area contributed by atoms with E-state index in [4.69, 9.17) is 13.3 Å². The van der Waals surface area contributed by atoms with Crippen LogP contribution in [-0.4, -0.2) is 94.2 Å². The molecule has 0 aromatic heterocycles. The minimum atomic E-state index is -5.83. The number of amides is 6. The first-order chi connectivity index (χ1) is 43.4. The fourth-order valence-corrected chi connectivity index (χ4v) is 15.4. The van der Waals surface area contributed by atoms with Crippen LogP contribution in [0, 0.1) is 46.8 Å². The monoisotopic (exact) mass is 1320 g/mol. The van der Waals surface area contributed by atoms with Crippen molar-refractivity contribution in [1.82, 2.24) is 15.2 Å². The van der Waals surface area contributed by atoms with Crippen molar-refractivity contribution in [2.75, 3.05) is 18.3 Å². The number of hydrogen-bond acceptors (Lipinski definition) is 16. The first-order valence-electron chi connectivity index (χ1n) is 29.5. The molecule has 2 saturated carbocycles. The molecule has 5 aliphatic rings. The van der Waals surface area contributed by atoms with Crippen LogP contribution in [0.4, 0.5) is 22.0 Å². The number of hydroxylamine groups is 6. The Balaban J connectivity index is 0.000000151. The Morgan fingerprint density at radius 2 is 0.758 bits per heavy atom. The molecule has 3 unspecified atom stereocenters. The maximum Gasteiger partial charge on any atom is 0.324 e. The minimum Gasteiger partial charge on any atom is -0.363 e. The lowest BCUT2D eigenvalue weighted by molar-refractivity contribution is -0.0181. The van der Waals surface area contributed by atoms with Gasteiger partial charge in [-0.25, -0.2) is 22.0 Å². The zero-order chi connectivity index (χ0) is 65.1. The van der Waals surface area contributed by atoms with E-state index < -0.39 is 106 Å². The van der Waals surface area contributed by atoms with Crippen molar-refractivity contribution < 1.29 is 93.6 Å². The molecule has 12 rings (SSSR count). The van der Waals surface area contributed by atoms with Crippen LogP contribution in [-0.2, 0) is 47.9 Å². The summed E-state index contributed by atoms with van der Waals surface area (Å²) < 4.78 is 162. The summed E-state index contributed by atoms with van der Waals surface area (Å²) in [6.45, 7) is 2.51. The third-order valence-electron chi connectivity index (χ3n) is 16.6. The highest BCUT2D eigenvalue weighted by molar-refractivity contribution is 7.87. The maximum absolute atomic E-state index is 13.9. The third-order valence-corrected chi connectivity index (χ3v) is 19.8. The first-order valence-corrected chi connectivity index (χ1v) is 34.1. The molecule has 19 nitrogen and oxygen atoms in total. The van der Waals surface area contributed by atoms with Crippen LogP contribution in [0.15, 0.2) is 114 Å². The number of carbonyl (C=O) groups is 6. The van der Waals surface area contributed by atoms with E-state index in [9.17, 15) is 76.0 Å². The lowest BCUT2D eigenvalue weighted by atomic mass is 9.90. The Morgan fingerprint density at radius 1 is 0.418 bits per heavy atom. The SMILES string of the molecule is CCCCCCCCCCCCCOCS(=O)(=O)ON1C(=O)c2cccc3cccc(c23)C1=O.O=C1c2cccc3cccc(c23)C(=O)N1OS(=O)(=O)CC1CC2CCC1C2.O=C1c2cccc3cccc(c23)C(=O)N1OS(=O)(=O)c1c(F)c(F)c(F)c(F)c1F. The van der Waals surface area contributed by atoms with Crippen molar-refractivity contribution >= 4 is 98.1 Å². The molecule has 91 heavy (non-hydrogen) atoms. The zero-order valence-corrected chi connectivity index (χ0v) is 51.3. The number of fused-ring (bicyclic) bond motifs is 2. The van der Waals surface area contributed by atoms with E-state index >= 15 is 0 Å². The number of rotatable bonds is 23. The van der Waals surface area contributed by atoms with Gasteiger partial charge >= 0.3 is 20.2 Å². The van der Waals surface area contributed by atoms with Gasteiger partial charge in [0.25, 0.3) is 45.6 Å². The van der Waals surface area contributed by atoms with Gasteiger partial charge in [0, 0.05) is 22.8 Å². The molecule has 7 aromatic rings. The molecule has 3 atom stereocenters. The summed E-state index contributed by atoms with van der Waals surface area (Å²) in [4.78, 5) is 73.9. The van der Waals surface area contributed by atoms with Crippen molar-refractivity contribution in [3.63, 3.8) is 0 Å². The van der Waals surface area contributed by atoms with Crippen LogP contribution in [0.2, 0.25) is 0 Å². The Hall–Kier alpha value is -7.92. The van der Waals surface area contributed by atoms with Gasteiger partial charge in [0.05, 0.1) is 39.1 Å². The van der Waals surface area contributed by atoms with Gasteiger partial charge in [-0.2, -0.15) is 25.3 Å². The molecule has 6 amide bonds. The van der Waals surface area contributed by atoms with Crippen LogP contribution in [0.5, 0.6) is 0 Å². The van der Waals surface area contributed by atoms with Crippen LogP contribution in [0.25, 0.3) is 32.3 Å². The summed E-state index contributed by atoms with van der Waals surface area (Å²) in [6, 6.07) is 28.7. The van der Waals surface area contributed by atoms with Gasteiger partial charge in [-0.15, -0.1) is 28.0 Å². The van der Waals surface area contributed by atoms with Crippen molar-refractivity contribution in [3.05, 3.63) is 172 Å². The quantitative estimate of drug-likeness (QED) is 0.0190. The van der Waals surface area contributed by atoms with Crippen molar-refractivity contribution in [2.24, 2.45) is 17.8 Å². The second kappa shape index (κ2) is 27.5. The number of benzene rings is 7. The number of imide groups is 3. The minimum absolute atomic E-state index is 0.0551. The molecule has 0 spiro atoms. The molecular weight excluding hydrogens is 1260 g/mol. The summed E-state index contributed by atoms with van der Waals surface area (Å²) in [5.74, 6) is -18.5. The number of hydrogen-bond donors (Lipinski definition) is 0. The maximum atomic E-state index is 13.9. The molecule has 0 saturated heterocycles. The molecule has 0 N–H and O–H groups in total. The number of carbonyl (C=O) groups excluding carboxylic acids is 6. The van der Waals surface area contributed by atoms with E-state index in [1.807, 2.05) is 12.1 Å². The molecule has 3 heterocycles. The van der Waals surface area contributed by atoms with Crippen LogP contribution in [0.3, 0.4) is 0 Å². The Kier molecular flexibility index (Phi) is 19.9. The van der Waals surface area contributed by atoms with Gasteiger partial charge in [-0.1, -0.05) is 150 Å². The van der Waals surface area contributed by atoms with Crippen molar-refractivity contribution in [3.8, 4) is 0 Å². The van der Waals surface area contributed by atoms with Gasteiger partial charge < -0.3 is 4.74 Å². The Bertz CT molecular complexity index is 4260. The topological polar surface area (TPSA) is 251 Å². The molecule has 2 fully saturated rings. The summed E-state index contributed by atoms with van der Waals surface area (Å²) >= 11 is 0. The highest BCUT2D eigenvalue weighted by atomic mass is 32.2. The first kappa shape index (κ1) is 66.0. The van der Waals surface area contributed by atoms with Gasteiger partial charge in [-0.05, 0) is 96.0 Å². The van der Waals surface area contributed by atoms with Gasteiger partial charge in [0.2, 0.25) is 5.82 Å². The van der Waals surface area contributed by atoms with Crippen molar-refractivity contribution in [2.45, 2.75) is 108 Å². The van der Waals surface area contributed by atoms with Crippen LogP contribution < -0.4 is 0 Å². The molecular formula is C64H60F5N3O16S3. The van der Waals surface area contributed by atoms with E-state index in [1.54, 1.807) is 72.8 Å². The lowest BCUT2D eigenvalue weighted by Crippen LogP contribution is -2.42. The normalized spacial score (nSPS) is 17.7. The average Bonchev–Trinajstić information content (AvgIpc) is 1.35. The lowest BCUT2D eigenvalue weighted by Gasteiger charge is -2.26. The number of unbranched alkanes of at least 4 members (excludes halogenated alkanes) is 10. The number of ether oxygens (including phenoxy) is 1. The standard InChI is InChI=1S/C26H35NO6S.C20H19NO5S.C18H6F5NO5S/c1-2-3-4-5-6-7-8-9-10-11-12-19-32-20-34(30,31)33-27-25(28)22-17-13-15-21-16-14-18-23(24(21)22)26(27)29;22-19-16-5-1-3-13-4-2-6-17(18(13)16)20(23)21(19)26-27(24,25)11-15-10-12-7-8-14(15)9-12;19-11-12(20)14(22)16(15(23)13(11)21)30(27,28)29-24-17(25)8-5-1-3-7-4-2-6-9(10(7)8)18(24)26/h13-18H,2-12,19-20H2,1H3;1-6,12,14-15H,7-11H2;1-6H. The third kappa shape index (κ3) is 13.8. The summed E-state index contributed by atoms with van der Waals surface area (Å²) in [7, 11) is -14.1. The van der Waals surface area contributed by atoms with E-state index in [2.05, 4.69) is 11.2 Å². The second-order valence-electron chi connectivity index (χ2n) is 22.7. The zero-order valence-electron chi connectivity index (χ0n) is 48.8. The molecule has 2 aliphatic carbocycles. The smallest absolute Gasteiger partial charge is 0.324 e. The predicted molar refractivity (Wildman–Crippen MR) is 319 cm³/mol. The van der Waals surface area contributed by atoms with E-state index in [0.29, 0.717) is 38.1 Å². The van der Waals surface area contributed by atoms with Gasteiger partial charge in [-0.3, -0.25) is 28.8 Å². The number of nitrogens with zero attached hydrogens (tertiary/aromatic N) is 3. The summed E-state index contributed by atoms with van der Waals surface area (Å²) in [5.41, 5.74) is 0.663. The summed E-state index contributed by atoms with van der Waals surface area (Å²) in [6.07, 6.45) is 17.3. The molecule has 27 heteroatoms. The Morgan fingerprint density at radius 3 is 1.11 bits per heavy atom. The Labute approximate surface area is 520 Å². The highest BCUT2D eigenvalue weighted by Crippen LogP contribution is 2.49. The van der Waals surface area contributed by atoms with E-state index in [1.165, 1.54) is 82.1 Å². The number of halogens is 5. The highest BCUT2D eigenvalue weighted by Gasteiger charge is 2.45. The fourth-order valence-electron chi connectivity index (χ4n) is 12.3. The van der Waals surface area contributed by atoms with Crippen molar-refractivity contribution in [1.29, 1.82) is 0 Å².